The van der Waals surface area contributed by atoms with Gasteiger partial charge >= 0.3 is 0 Å². The number of thioether (sulfide) groups is 1. The molecule has 0 saturated heterocycles. The maximum atomic E-state index is 13.2. The zero-order chi connectivity index (χ0) is 21.2. The monoisotopic (exact) mass is 448 g/mol. The van der Waals surface area contributed by atoms with Gasteiger partial charge in [0.25, 0.3) is 5.56 Å². The summed E-state index contributed by atoms with van der Waals surface area (Å²) in [4.78, 5) is 22.4. The number of benzene rings is 2. The molecule has 0 fully saturated rings. The smallest absolute Gasteiger partial charge is 0.276 e. The fourth-order valence-electron chi connectivity index (χ4n) is 3.11. The average Bonchev–Trinajstić information content (AvgIpc) is 3.48. The lowest BCUT2D eigenvalue weighted by atomic mass is 10.2. The Bertz CT molecular complexity index is 1410. The van der Waals surface area contributed by atoms with Gasteiger partial charge in [0.1, 0.15) is 10.4 Å². The standard InChI is InChI=1S/C22H16N4O3S2/c1-28-16-9-5-8-15(12-16)26-21(27)19-17(10-11-30-19)23-22(26)31-13-18-24-20(25-29-18)14-6-3-2-4-7-14/h2-12H,13H2,1H3. The topological polar surface area (TPSA) is 83.0 Å². The van der Waals surface area contributed by atoms with E-state index >= 15 is 0 Å². The summed E-state index contributed by atoms with van der Waals surface area (Å²) in [6.45, 7) is 0. The van der Waals surface area contributed by atoms with Gasteiger partial charge in [-0.05, 0) is 23.6 Å². The summed E-state index contributed by atoms with van der Waals surface area (Å²) in [6.07, 6.45) is 0. The molecule has 0 N–H and O–H groups in total. The van der Waals surface area contributed by atoms with Gasteiger partial charge in [0.15, 0.2) is 5.16 Å². The Morgan fingerprint density at radius 1 is 1.10 bits per heavy atom. The predicted octanol–water partition coefficient (Wildman–Crippen LogP) is 4.80. The van der Waals surface area contributed by atoms with E-state index < -0.39 is 0 Å². The molecule has 5 aromatic rings. The second kappa shape index (κ2) is 8.37. The Kier molecular flexibility index (Phi) is 5.27. The molecule has 0 spiro atoms. The minimum Gasteiger partial charge on any atom is -0.497 e. The highest BCUT2D eigenvalue weighted by atomic mass is 32.2. The first-order valence-corrected chi connectivity index (χ1v) is 11.2. The second-order valence-corrected chi connectivity index (χ2v) is 8.40. The third-order valence-electron chi connectivity index (χ3n) is 4.59. The average molecular weight is 449 g/mol. The molecule has 154 valence electrons. The van der Waals surface area contributed by atoms with Gasteiger partial charge in [-0.2, -0.15) is 4.98 Å². The number of methoxy groups -OCH3 is 1. The Morgan fingerprint density at radius 2 is 1.97 bits per heavy atom. The van der Waals surface area contributed by atoms with E-state index in [0.717, 1.165) is 5.56 Å². The third-order valence-corrected chi connectivity index (χ3v) is 6.40. The molecular weight excluding hydrogens is 432 g/mol. The molecule has 0 aliphatic carbocycles. The van der Waals surface area contributed by atoms with E-state index in [4.69, 9.17) is 14.2 Å². The molecule has 0 amide bonds. The summed E-state index contributed by atoms with van der Waals surface area (Å²) in [5.74, 6) is 2.03. The molecule has 0 unspecified atom stereocenters. The lowest BCUT2D eigenvalue weighted by Crippen LogP contribution is -2.20. The first-order chi connectivity index (χ1) is 15.2. The molecule has 31 heavy (non-hydrogen) atoms. The Hall–Kier alpha value is -3.43. The summed E-state index contributed by atoms with van der Waals surface area (Å²) in [6, 6.07) is 18.8. The van der Waals surface area contributed by atoms with Gasteiger partial charge in [-0.25, -0.2) is 4.98 Å². The molecule has 7 nitrogen and oxygen atoms in total. The SMILES string of the molecule is COc1cccc(-n2c(SCc3nc(-c4ccccc4)no3)nc3ccsc3c2=O)c1. The normalized spacial score (nSPS) is 11.1. The summed E-state index contributed by atoms with van der Waals surface area (Å²) < 4.78 is 12.9. The van der Waals surface area contributed by atoms with Crippen LogP contribution < -0.4 is 10.3 Å². The van der Waals surface area contributed by atoms with Crippen molar-refractivity contribution >= 4 is 33.3 Å². The Morgan fingerprint density at radius 3 is 2.81 bits per heavy atom. The van der Waals surface area contributed by atoms with Gasteiger partial charge in [0, 0.05) is 11.6 Å². The van der Waals surface area contributed by atoms with E-state index in [2.05, 4.69) is 10.1 Å². The van der Waals surface area contributed by atoms with E-state index in [0.29, 0.717) is 44.3 Å². The van der Waals surface area contributed by atoms with Crippen LogP contribution >= 0.6 is 23.1 Å². The highest BCUT2D eigenvalue weighted by Gasteiger charge is 2.17. The van der Waals surface area contributed by atoms with Gasteiger partial charge in [0.05, 0.1) is 24.1 Å². The molecule has 5 rings (SSSR count). The fourth-order valence-corrected chi connectivity index (χ4v) is 4.72. The quantitative estimate of drug-likeness (QED) is 0.273. The van der Waals surface area contributed by atoms with Crippen molar-refractivity contribution in [3.05, 3.63) is 82.3 Å². The van der Waals surface area contributed by atoms with Crippen molar-refractivity contribution < 1.29 is 9.26 Å². The number of hydrogen-bond acceptors (Lipinski definition) is 8. The first kappa shape index (κ1) is 19.5. The highest BCUT2D eigenvalue weighted by molar-refractivity contribution is 7.98. The zero-order valence-electron chi connectivity index (χ0n) is 16.4. The van der Waals surface area contributed by atoms with Gasteiger partial charge < -0.3 is 9.26 Å². The first-order valence-electron chi connectivity index (χ1n) is 9.38. The number of nitrogens with zero attached hydrogens (tertiary/aromatic N) is 4. The van der Waals surface area contributed by atoms with Gasteiger partial charge in [-0.3, -0.25) is 9.36 Å². The van der Waals surface area contributed by atoms with Crippen molar-refractivity contribution in [3.8, 4) is 22.8 Å². The van der Waals surface area contributed by atoms with E-state index in [1.807, 2.05) is 66.0 Å². The summed E-state index contributed by atoms with van der Waals surface area (Å²) in [5.41, 5.74) is 2.12. The number of ether oxygens (including phenoxy) is 1. The molecule has 9 heteroatoms. The highest BCUT2D eigenvalue weighted by Crippen LogP contribution is 2.27. The van der Waals surface area contributed by atoms with E-state index in [9.17, 15) is 4.79 Å². The van der Waals surface area contributed by atoms with E-state index in [1.54, 1.807) is 11.7 Å². The number of thiophene rings is 1. The van der Waals surface area contributed by atoms with Crippen LogP contribution in [0.5, 0.6) is 5.75 Å². The number of fused-ring (bicyclic) bond motifs is 1. The van der Waals surface area contributed by atoms with Crippen molar-refractivity contribution in [2.45, 2.75) is 10.9 Å². The van der Waals surface area contributed by atoms with Crippen molar-refractivity contribution in [3.63, 3.8) is 0 Å². The van der Waals surface area contributed by atoms with Gasteiger partial charge in [0.2, 0.25) is 11.7 Å². The Balaban J connectivity index is 1.51. The minimum atomic E-state index is -0.119. The lowest BCUT2D eigenvalue weighted by molar-refractivity contribution is 0.391. The number of rotatable bonds is 6. The maximum Gasteiger partial charge on any atom is 0.276 e. The molecule has 0 bridgehead atoms. The molecule has 3 heterocycles. The molecular formula is C22H16N4O3S2. The van der Waals surface area contributed by atoms with Crippen molar-refractivity contribution in [2.24, 2.45) is 0 Å². The van der Waals surface area contributed by atoms with Crippen LogP contribution in [0.3, 0.4) is 0 Å². The van der Waals surface area contributed by atoms with Crippen LogP contribution in [0.1, 0.15) is 5.89 Å². The predicted molar refractivity (Wildman–Crippen MR) is 121 cm³/mol. The molecule has 0 saturated carbocycles. The summed E-state index contributed by atoms with van der Waals surface area (Å²) in [5, 5.41) is 6.47. The van der Waals surface area contributed by atoms with E-state index in [1.165, 1.54) is 23.1 Å². The van der Waals surface area contributed by atoms with Crippen LogP contribution in [-0.4, -0.2) is 26.8 Å². The molecule has 0 aliphatic heterocycles. The van der Waals surface area contributed by atoms with Crippen molar-refractivity contribution in [1.82, 2.24) is 19.7 Å². The second-order valence-electron chi connectivity index (χ2n) is 6.54. The largest absolute Gasteiger partial charge is 0.497 e. The van der Waals surface area contributed by atoms with Crippen LogP contribution in [0.25, 0.3) is 27.3 Å². The summed E-state index contributed by atoms with van der Waals surface area (Å²) >= 11 is 2.75. The molecule has 0 atom stereocenters. The van der Waals surface area contributed by atoms with Gasteiger partial charge in [-0.1, -0.05) is 53.3 Å². The molecule has 0 radical (unpaired) electrons. The lowest BCUT2D eigenvalue weighted by Gasteiger charge is -2.12. The number of hydrogen-bond donors (Lipinski definition) is 0. The van der Waals surface area contributed by atoms with Crippen molar-refractivity contribution in [1.29, 1.82) is 0 Å². The Labute approximate surface area is 185 Å². The van der Waals surface area contributed by atoms with Crippen LogP contribution in [-0.2, 0) is 5.75 Å². The minimum absolute atomic E-state index is 0.119. The number of aromatic nitrogens is 4. The molecule has 2 aromatic carbocycles. The maximum absolute atomic E-state index is 13.2. The third kappa shape index (κ3) is 3.85. The van der Waals surface area contributed by atoms with Crippen LogP contribution in [0.15, 0.2) is 80.5 Å². The van der Waals surface area contributed by atoms with Crippen LogP contribution in [0.2, 0.25) is 0 Å². The molecule has 3 aromatic heterocycles. The zero-order valence-corrected chi connectivity index (χ0v) is 18.0. The van der Waals surface area contributed by atoms with Crippen molar-refractivity contribution in [2.75, 3.05) is 7.11 Å². The van der Waals surface area contributed by atoms with Crippen LogP contribution in [0, 0.1) is 0 Å². The molecule has 0 aliphatic rings. The fraction of sp³-hybridized carbons (Fsp3) is 0.0909. The van der Waals surface area contributed by atoms with E-state index in [-0.39, 0.29) is 5.56 Å². The van der Waals surface area contributed by atoms with Crippen LogP contribution in [0.4, 0.5) is 0 Å². The van der Waals surface area contributed by atoms with Gasteiger partial charge in [-0.15, -0.1) is 11.3 Å². The summed E-state index contributed by atoms with van der Waals surface area (Å²) in [7, 11) is 1.60.